The molecule has 1 aromatic heterocycles. The predicted octanol–water partition coefficient (Wildman–Crippen LogP) is 2.76. The number of piperidine rings is 1. The molecule has 4 heteroatoms. The molecule has 18 heavy (non-hydrogen) atoms. The van der Waals surface area contributed by atoms with Crippen LogP contribution in [0.2, 0.25) is 0 Å². The van der Waals surface area contributed by atoms with Crippen molar-refractivity contribution in [1.82, 2.24) is 9.97 Å². The van der Waals surface area contributed by atoms with Crippen LogP contribution in [0.1, 0.15) is 38.1 Å². The maximum atomic E-state index is 4.65. The van der Waals surface area contributed by atoms with Crippen LogP contribution in [0, 0.1) is 19.8 Å². The van der Waals surface area contributed by atoms with E-state index in [4.69, 9.17) is 0 Å². The summed E-state index contributed by atoms with van der Waals surface area (Å²) in [6.45, 7) is 11.6. The number of aromatic nitrogens is 2. The first-order valence-corrected chi connectivity index (χ1v) is 6.95. The van der Waals surface area contributed by atoms with E-state index >= 15 is 0 Å². The van der Waals surface area contributed by atoms with Crippen molar-refractivity contribution in [2.45, 2.75) is 40.5 Å². The molecule has 1 atom stereocenters. The minimum absolute atomic E-state index is 0.760. The van der Waals surface area contributed by atoms with Gasteiger partial charge in [0.05, 0.1) is 0 Å². The molecule has 0 aromatic carbocycles. The maximum absolute atomic E-state index is 4.65. The zero-order valence-electron chi connectivity index (χ0n) is 12.0. The lowest BCUT2D eigenvalue weighted by molar-refractivity contribution is 0.444. The molecule has 0 saturated carbocycles. The number of nitrogens with one attached hydrogen (secondary N) is 1. The molecular formula is C14H24N4. The quantitative estimate of drug-likeness (QED) is 0.893. The molecule has 1 N–H and O–H groups in total. The topological polar surface area (TPSA) is 41.1 Å². The van der Waals surface area contributed by atoms with Gasteiger partial charge in [0, 0.05) is 25.2 Å². The monoisotopic (exact) mass is 248 g/mol. The summed E-state index contributed by atoms with van der Waals surface area (Å²) in [5, 5.41) is 3.33. The van der Waals surface area contributed by atoms with Crippen molar-refractivity contribution in [3.63, 3.8) is 0 Å². The Morgan fingerprint density at radius 2 is 2.11 bits per heavy atom. The number of nitrogens with zero attached hydrogens (tertiary/aromatic N) is 3. The summed E-state index contributed by atoms with van der Waals surface area (Å²) in [6, 6.07) is 0. The Bertz CT molecular complexity index is 417. The van der Waals surface area contributed by atoms with Gasteiger partial charge in [-0.3, -0.25) is 0 Å². The van der Waals surface area contributed by atoms with Gasteiger partial charge in [0.15, 0.2) is 0 Å². The van der Waals surface area contributed by atoms with Crippen LogP contribution in [0.3, 0.4) is 0 Å². The Morgan fingerprint density at radius 3 is 2.78 bits per heavy atom. The number of aryl methyl sites for hydroxylation is 1. The summed E-state index contributed by atoms with van der Waals surface area (Å²) in [5.41, 5.74) is 1.18. The highest BCUT2D eigenvalue weighted by atomic mass is 15.2. The number of rotatable bonds is 3. The lowest BCUT2D eigenvalue weighted by Crippen LogP contribution is -2.35. The molecule has 100 valence electrons. The molecular weight excluding hydrogens is 224 g/mol. The average Bonchev–Trinajstić information content (AvgIpc) is 2.33. The van der Waals surface area contributed by atoms with Gasteiger partial charge in [-0.25, -0.2) is 9.97 Å². The number of anilines is 2. The van der Waals surface area contributed by atoms with E-state index < -0.39 is 0 Å². The van der Waals surface area contributed by atoms with Gasteiger partial charge < -0.3 is 10.2 Å². The minimum atomic E-state index is 0.760. The highest BCUT2D eigenvalue weighted by Gasteiger charge is 2.21. The summed E-state index contributed by atoms with van der Waals surface area (Å²) >= 11 is 0. The van der Waals surface area contributed by atoms with Crippen LogP contribution in [0.4, 0.5) is 11.6 Å². The van der Waals surface area contributed by atoms with Crippen LogP contribution in [0.15, 0.2) is 0 Å². The molecule has 1 unspecified atom stereocenters. The zero-order chi connectivity index (χ0) is 13.1. The molecule has 1 saturated heterocycles. The van der Waals surface area contributed by atoms with E-state index in [1.807, 2.05) is 6.92 Å². The lowest BCUT2D eigenvalue weighted by atomic mass is 10.00. The fourth-order valence-electron chi connectivity index (χ4n) is 2.64. The minimum Gasteiger partial charge on any atom is -0.370 e. The van der Waals surface area contributed by atoms with Crippen molar-refractivity contribution in [1.29, 1.82) is 0 Å². The number of hydrogen-bond acceptors (Lipinski definition) is 4. The van der Waals surface area contributed by atoms with E-state index in [0.29, 0.717) is 0 Å². The molecule has 2 rings (SSSR count). The average molecular weight is 248 g/mol. The van der Waals surface area contributed by atoms with E-state index in [-0.39, 0.29) is 0 Å². The highest BCUT2D eigenvalue weighted by molar-refractivity contribution is 5.58. The smallest absolute Gasteiger partial charge is 0.137 e. The summed E-state index contributed by atoms with van der Waals surface area (Å²) < 4.78 is 0. The van der Waals surface area contributed by atoms with Gasteiger partial charge in [-0.05, 0) is 39.5 Å². The van der Waals surface area contributed by atoms with Crippen molar-refractivity contribution in [2.75, 3.05) is 29.9 Å². The number of hydrogen-bond donors (Lipinski definition) is 1. The van der Waals surface area contributed by atoms with E-state index in [1.54, 1.807) is 0 Å². The summed E-state index contributed by atoms with van der Waals surface area (Å²) in [6.07, 6.45) is 2.60. The van der Waals surface area contributed by atoms with Crippen molar-refractivity contribution < 1.29 is 0 Å². The summed E-state index contributed by atoms with van der Waals surface area (Å²) in [4.78, 5) is 11.6. The Morgan fingerprint density at radius 1 is 1.33 bits per heavy atom. The van der Waals surface area contributed by atoms with Crippen molar-refractivity contribution in [2.24, 2.45) is 5.92 Å². The van der Waals surface area contributed by atoms with E-state index in [2.05, 4.69) is 41.0 Å². The van der Waals surface area contributed by atoms with Gasteiger partial charge in [0.1, 0.15) is 17.5 Å². The largest absolute Gasteiger partial charge is 0.370 e. The third kappa shape index (κ3) is 2.74. The third-order valence-corrected chi connectivity index (χ3v) is 3.53. The van der Waals surface area contributed by atoms with E-state index in [0.717, 1.165) is 43.0 Å². The molecule has 4 nitrogen and oxygen atoms in total. The Hall–Kier alpha value is -1.32. The zero-order valence-corrected chi connectivity index (χ0v) is 12.0. The van der Waals surface area contributed by atoms with Crippen LogP contribution >= 0.6 is 0 Å². The molecule has 1 aliphatic heterocycles. The predicted molar refractivity (Wildman–Crippen MR) is 76.3 cm³/mol. The Labute approximate surface area is 110 Å². The van der Waals surface area contributed by atoms with Crippen LogP contribution in [-0.2, 0) is 0 Å². The van der Waals surface area contributed by atoms with Crippen molar-refractivity contribution in [3.8, 4) is 0 Å². The molecule has 0 bridgehead atoms. The van der Waals surface area contributed by atoms with E-state index in [9.17, 15) is 0 Å². The molecule has 2 heterocycles. The van der Waals surface area contributed by atoms with Gasteiger partial charge >= 0.3 is 0 Å². The lowest BCUT2D eigenvalue weighted by Gasteiger charge is -2.33. The van der Waals surface area contributed by atoms with Gasteiger partial charge in [0.2, 0.25) is 0 Å². The fourth-order valence-corrected chi connectivity index (χ4v) is 2.64. The summed E-state index contributed by atoms with van der Waals surface area (Å²) in [5.74, 6) is 3.71. The van der Waals surface area contributed by atoms with Crippen LogP contribution < -0.4 is 10.2 Å². The first-order chi connectivity index (χ1) is 8.61. The highest BCUT2D eigenvalue weighted by Crippen LogP contribution is 2.27. The fraction of sp³-hybridized carbons (Fsp3) is 0.714. The first-order valence-electron chi connectivity index (χ1n) is 6.95. The molecule has 0 amide bonds. The second-order valence-electron chi connectivity index (χ2n) is 5.29. The van der Waals surface area contributed by atoms with Crippen LogP contribution in [0.25, 0.3) is 0 Å². The molecule has 1 aliphatic rings. The van der Waals surface area contributed by atoms with Gasteiger partial charge in [0.25, 0.3) is 0 Å². The normalized spacial score (nSPS) is 20.0. The Kier molecular flexibility index (Phi) is 4.04. The third-order valence-electron chi connectivity index (χ3n) is 3.53. The molecule has 1 fully saturated rings. The molecule has 1 aromatic rings. The van der Waals surface area contributed by atoms with Crippen molar-refractivity contribution in [3.05, 3.63) is 11.4 Å². The molecule has 0 radical (unpaired) electrons. The van der Waals surface area contributed by atoms with Gasteiger partial charge in [-0.1, -0.05) is 6.92 Å². The standard InChI is InChI=1S/C14H24N4/c1-5-15-13-11(3)14(17-12(4)16-13)18-8-6-7-10(2)9-18/h10H,5-9H2,1-4H3,(H,15,16,17). The maximum Gasteiger partial charge on any atom is 0.137 e. The van der Waals surface area contributed by atoms with Crippen molar-refractivity contribution >= 4 is 11.6 Å². The first kappa shape index (κ1) is 13.1. The second-order valence-corrected chi connectivity index (χ2v) is 5.29. The van der Waals surface area contributed by atoms with Gasteiger partial charge in [-0.15, -0.1) is 0 Å². The van der Waals surface area contributed by atoms with Crippen LogP contribution in [0.5, 0.6) is 0 Å². The molecule has 0 spiro atoms. The van der Waals surface area contributed by atoms with Gasteiger partial charge in [-0.2, -0.15) is 0 Å². The van der Waals surface area contributed by atoms with Crippen LogP contribution in [-0.4, -0.2) is 29.6 Å². The Balaban J connectivity index is 2.31. The molecule has 0 aliphatic carbocycles. The SMILES string of the molecule is CCNc1nc(C)nc(N2CCCC(C)C2)c1C. The van der Waals surface area contributed by atoms with E-state index in [1.165, 1.54) is 18.4 Å². The second kappa shape index (κ2) is 5.55. The summed E-state index contributed by atoms with van der Waals surface area (Å²) in [7, 11) is 0.